The maximum Gasteiger partial charge on any atom is 0.416 e. The zero-order chi connectivity index (χ0) is 20.7. The normalized spacial score (nSPS) is 11.7. The van der Waals surface area contributed by atoms with Gasteiger partial charge in [0.05, 0.1) is 17.3 Å². The smallest absolute Gasteiger partial charge is 0.416 e. The standard InChI is InChI=1S/C20H16F4N2O3/c21-10-11-28-25-12-17-18(13-27-16-4-2-1-3-5-16)26-29-19(17)14-6-8-15(9-7-14)20(22,23)24/h1-9,12H,10-11,13H2. The number of benzene rings is 2. The fraction of sp³-hybridized carbons (Fsp3) is 0.200. The summed E-state index contributed by atoms with van der Waals surface area (Å²) in [7, 11) is 0. The van der Waals surface area contributed by atoms with Gasteiger partial charge in [-0.15, -0.1) is 0 Å². The Bertz CT molecular complexity index is 939. The number of oxime groups is 1. The van der Waals surface area contributed by atoms with Crippen LogP contribution < -0.4 is 4.74 Å². The van der Waals surface area contributed by atoms with Crippen LogP contribution in [0.1, 0.15) is 16.8 Å². The van der Waals surface area contributed by atoms with Crippen molar-refractivity contribution in [2.24, 2.45) is 5.16 Å². The Morgan fingerprint density at radius 1 is 1.03 bits per heavy atom. The molecule has 1 heterocycles. The van der Waals surface area contributed by atoms with E-state index >= 15 is 0 Å². The van der Waals surface area contributed by atoms with E-state index in [4.69, 9.17) is 14.1 Å². The lowest BCUT2D eigenvalue weighted by Crippen LogP contribution is -2.04. The number of aromatic nitrogens is 1. The lowest BCUT2D eigenvalue weighted by Gasteiger charge is -2.07. The van der Waals surface area contributed by atoms with Crippen molar-refractivity contribution in [1.82, 2.24) is 5.16 Å². The predicted octanol–water partition coefficient (Wildman–Crippen LogP) is 5.26. The minimum Gasteiger partial charge on any atom is -0.487 e. The first kappa shape index (κ1) is 20.4. The van der Waals surface area contributed by atoms with Crippen molar-refractivity contribution < 1.29 is 31.7 Å². The van der Waals surface area contributed by atoms with Gasteiger partial charge in [0.15, 0.2) is 5.76 Å². The molecular weight excluding hydrogens is 392 g/mol. The summed E-state index contributed by atoms with van der Waals surface area (Å²) in [6, 6.07) is 13.4. The fourth-order valence-corrected chi connectivity index (χ4v) is 2.43. The molecule has 5 nitrogen and oxygen atoms in total. The quantitative estimate of drug-likeness (QED) is 0.221. The first-order valence-electron chi connectivity index (χ1n) is 8.54. The van der Waals surface area contributed by atoms with E-state index in [0.717, 1.165) is 12.1 Å². The summed E-state index contributed by atoms with van der Waals surface area (Å²) < 4.78 is 61.5. The van der Waals surface area contributed by atoms with Crippen LogP contribution in [0.5, 0.6) is 5.75 Å². The molecule has 3 rings (SSSR count). The van der Waals surface area contributed by atoms with Crippen molar-refractivity contribution in [1.29, 1.82) is 0 Å². The van der Waals surface area contributed by atoms with Crippen molar-refractivity contribution in [3.8, 4) is 17.1 Å². The van der Waals surface area contributed by atoms with E-state index in [2.05, 4.69) is 10.3 Å². The molecule has 0 radical (unpaired) electrons. The molecule has 29 heavy (non-hydrogen) atoms. The Kier molecular flexibility index (Phi) is 6.48. The van der Waals surface area contributed by atoms with Crippen LogP contribution in [-0.4, -0.2) is 24.7 Å². The first-order chi connectivity index (χ1) is 14.0. The van der Waals surface area contributed by atoms with Gasteiger partial charge in [0, 0.05) is 5.56 Å². The van der Waals surface area contributed by atoms with Gasteiger partial charge in [-0.25, -0.2) is 4.39 Å². The first-order valence-corrected chi connectivity index (χ1v) is 8.54. The number of ether oxygens (including phenoxy) is 1. The van der Waals surface area contributed by atoms with Crippen LogP contribution in [0.4, 0.5) is 17.6 Å². The van der Waals surface area contributed by atoms with Crippen molar-refractivity contribution >= 4 is 6.21 Å². The molecule has 0 spiro atoms. The maximum absolute atomic E-state index is 12.8. The molecule has 0 fully saturated rings. The van der Waals surface area contributed by atoms with E-state index < -0.39 is 18.4 Å². The number of hydrogen-bond acceptors (Lipinski definition) is 5. The second-order valence-corrected chi connectivity index (χ2v) is 5.81. The van der Waals surface area contributed by atoms with E-state index in [-0.39, 0.29) is 19.0 Å². The molecule has 1 aromatic heterocycles. The van der Waals surface area contributed by atoms with Crippen LogP contribution in [0, 0.1) is 0 Å². The van der Waals surface area contributed by atoms with E-state index in [9.17, 15) is 17.6 Å². The monoisotopic (exact) mass is 408 g/mol. The molecule has 0 atom stereocenters. The Morgan fingerprint density at radius 3 is 2.41 bits per heavy atom. The Hall–Kier alpha value is -3.36. The molecule has 152 valence electrons. The molecule has 0 aliphatic carbocycles. The lowest BCUT2D eigenvalue weighted by atomic mass is 10.1. The molecule has 0 N–H and O–H groups in total. The molecule has 0 aliphatic heterocycles. The fourth-order valence-electron chi connectivity index (χ4n) is 2.43. The number of para-hydroxylation sites is 1. The number of nitrogens with zero attached hydrogens (tertiary/aromatic N) is 2. The van der Waals surface area contributed by atoms with Crippen molar-refractivity contribution in [2.75, 3.05) is 13.3 Å². The summed E-state index contributed by atoms with van der Waals surface area (Å²) >= 11 is 0. The van der Waals surface area contributed by atoms with Crippen molar-refractivity contribution in [3.63, 3.8) is 0 Å². The lowest BCUT2D eigenvalue weighted by molar-refractivity contribution is -0.137. The van der Waals surface area contributed by atoms with Crippen LogP contribution in [-0.2, 0) is 17.6 Å². The Morgan fingerprint density at radius 2 is 1.76 bits per heavy atom. The van der Waals surface area contributed by atoms with E-state index in [1.807, 2.05) is 6.07 Å². The van der Waals surface area contributed by atoms with Crippen LogP contribution >= 0.6 is 0 Å². The molecule has 0 saturated carbocycles. The number of halogens is 4. The van der Waals surface area contributed by atoms with Gasteiger partial charge in [-0.2, -0.15) is 13.2 Å². The summed E-state index contributed by atoms with van der Waals surface area (Å²) in [5.74, 6) is 0.793. The Balaban J connectivity index is 1.87. The van der Waals surface area contributed by atoms with Crippen LogP contribution in [0.15, 0.2) is 64.3 Å². The van der Waals surface area contributed by atoms with E-state index in [1.165, 1.54) is 18.3 Å². The average Bonchev–Trinajstić information content (AvgIpc) is 3.12. The van der Waals surface area contributed by atoms with Gasteiger partial charge < -0.3 is 14.1 Å². The molecule has 2 aromatic carbocycles. The molecular formula is C20H16F4N2O3. The average molecular weight is 408 g/mol. The van der Waals surface area contributed by atoms with Crippen LogP contribution in [0.2, 0.25) is 0 Å². The molecule has 3 aromatic rings. The third-order valence-electron chi connectivity index (χ3n) is 3.82. The zero-order valence-electron chi connectivity index (χ0n) is 15.0. The summed E-state index contributed by atoms with van der Waals surface area (Å²) in [4.78, 5) is 4.76. The second kappa shape index (κ2) is 9.22. The number of alkyl halides is 4. The van der Waals surface area contributed by atoms with Gasteiger partial charge in [-0.05, 0) is 24.3 Å². The van der Waals surface area contributed by atoms with Gasteiger partial charge in [-0.1, -0.05) is 40.6 Å². The second-order valence-electron chi connectivity index (χ2n) is 5.81. The van der Waals surface area contributed by atoms with Crippen molar-refractivity contribution in [2.45, 2.75) is 12.8 Å². The molecule has 0 amide bonds. The highest BCUT2D eigenvalue weighted by molar-refractivity contribution is 5.89. The van der Waals surface area contributed by atoms with Crippen molar-refractivity contribution in [3.05, 3.63) is 71.4 Å². The highest BCUT2D eigenvalue weighted by Crippen LogP contribution is 2.32. The summed E-state index contributed by atoms with van der Waals surface area (Å²) in [6.45, 7) is -0.914. The number of hydrogen-bond donors (Lipinski definition) is 0. The predicted molar refractivity (Wildman–Crippen MR) is 97.2 cm³/mol. The molecule has 0 bridgehead atoms. The van der Waals surface area contributed by atoms with Gasteiger partial charge >= 0.3 is 6.18 Å². The maximum atomic E-state index is 12.8. The van der Waals surface area contributed by atoms with Gasteiger partial charge in [-0.3, -0.25) is 0 Å². The topological polar surface area (TPSA) is 56.9 Å². The zero-order valence-corrected chi connectivity index (χ0v) is 15.0. The summed E-state index contributed by atoms with van der Waals surface area (Å²) in [6.07, 6.45) is -3.18. The van der Waals surface area contributed by atoms with E-state index in [1.54, 1.807) is 24.3 Å². The summed E-state index contributed by atoms with van der Waals surface area (Å²) in [5.41, 5.74) is 0.300. The minimum absolute atomic E-state index is 0.0264. The summed E-state index contributed by atoms with van der Waals surface area (Å²) in [5, 5.41) is 7.60. The molecule has 9 heteroatoms. The Labute approximate surface area is 163 Å². The highest BCUT2D eigenvalue weighted by Gasteiger charge is 2.30. The SMILES string of the molecule is FCCON=Cc1c(COc2ccccc2)noc1-c1ccc(C(F)(F)F)cc1. The largest absolute Gasteiger partial charge is 0.487 e. The van der Waals surface area contributed by atoms with E-state index in [0.29, 0.717) is 22.6 Å². The molecule has 0 unspecified atom stereocenters. The third-order valence-corrected chi connectivity index (χ3v) is 3.82. The number of rotatable bonds is 8. The molecule has 0 saturated heterocycles. The highest BCUT2D eigenvalue weighted by atomic mass is 19.4. The van der Waals surface area contributed by atoms with Crippen LogP contribution in [0.3, 0.4) is 0 Å². The van der Waals surface area contributed by atoms with Gasteiger partial charge in [0.25, 0.3) is 0 Å². The third kappa shape index (κ3) is 5.34. The van der Waals surface area contributed by atoms with Gasteiger partial charge in [0.1, 0.15) is 31.3 Å². The molecule has 0 aliphatic rings. The van der Waals surface area contributed by atoms with Gasteiger partial charge in [0.2, 0.25) is 0 Å². The minimum atomic E-state index is -4.45. The van der Waals surface area contributed by atoms with Crippen LogP contribution in [0.25, 0.3) is 11.3 Å².